The molecule has 4 atom stereocenters. The third-order valence-electron chi connectivity index (χ3n) is 5.92. The van der Waals surface area contributed by atoms with Crippen molar-refractivity contribution in [1.82, 2.24) is 0 Å². The minimum atomic E-state index is 0.305. The minimum absolute atomic E-state index is 0.305. The fourth-order valence-corrected chi connectivity index (χ4v) is 6.84. The first-order chi connectivity index (χ1) is 14.9. The van der Waals surface area contributed by atoms with Crippen LogP contribution in [0.4, 0.5) is 0 Å². The number of rotatable bonds is 6. The van der Waals surface area contributed by atoms with Gasteiger partial charge < -0.3 is 9.05 Å². The fraction of sp³-hybridized carbons (Fsp3) is 0.333. The molecule has 3 aromatic rings. The Morgan fingerprint density at radius 1 is 0.774 bits per heavy atom. The Labute approximate surface area is 190 Å². The fourth-order valence-electron chi connectivity index (χ4n) is 4.53. The van der Waals surface area contributed by atoms with E-state index in [9.17, 15) is 0 Å². The van der Waals surface area contributed by atoms with Gasteiger partial charge in [-0.25, -0.2) is 0 Å². The van der Waals surface area contributed by atoms with Crippen molar-refractivity contribution in [2.24, 2.45) is 5.92 Å². The standard InChI is InChI=1S/C27H32O2P2/c1-17-11-18(2)14-23(13-17)28-30-25-8-6-7-22-10-9-21(5)27(26(22)25)31-29-24-15-19(3)12-20(4)16-24/h6-8,11-16,21,27,30-31H,9-10H2,1-5H3. The second-order valence-electron chi connectivity index (χ2n) is 8.94. The van der Waals surface area contributed by atoms with Crippen LogP contribution in [-0.4, -0.2) is 0 Å². The van der Waals surface area contributed by atoms with Gasteiger partial charge in [-0.1, -0.05) is 37.3 Å². The maximum absolute atomic E-state index is 6.37. The highest BCUT2D eigenvalue weighted by atomic mass is 31.1. The molecule has 3 aromatic carbocycles. The average molecular weight is 450 g/mol. The zero-order valence-corrected chi connectivity index (χ0v) is 21.1. The second kappa shape index (κ2) is 9.72. The third-order valence-corrected chi connectivity index (χ3v) is 8.38. The first-order valence-electron chi connectivity index (χ1n) is 11.0. The largest absolute Gasteiger partial charge is 0.477 e. The molecule has 4 rings (SSSR count). The lowest BCUT2D eigenvalue weighted by molar-refractivity contribution is 0.472. The van der Waals surface area contributed by atoms with E-state index in [2.05, 4.69) is 89.2 Å². The summed E-state index contributed by atoms with van der Waals surface area (Å²) in [5, 5.41) is 1.32. The zero-order chi connectivity index (χ0) is 22.0. The number of aryl methyl sites for hydroxylation is 5. The smallest absolute Gasteiger partial charge is 0.123 e. The van der Waals surface area contributed by atoms with Crippen LogP contribution >= 0.6 is 17.6 Å². The van der Waals surface area contributed by atoms with Crippen molar-refractivity contribution in [3.8, 4) is 11.5 Å². The Morgan fingerprint density at radius 3 is 1.97 bits per heavy atom. The van der Waals surface area contributed by atoms with Crippen LogP contribution in [0.15, 0.2) is 54.6 Å². The van der Waals surface area contributed by atoms with Gasteiger partial charge in [-0.2, -0.15) is 0 Å². The molecule has 1 aliphatic carbocycles. The summed E-state index contributed by atoms with van der Waals surface area (Å²) in [5.41, 5.74) is 8.33. The van der Waals surface area contributed by atoms with Crippen molar-refractivity contribution < 1.29 is 9.05 Å². The van der Waals surface area contributed by atoms with Gasteiger partial charge in [0.1, 0.15) is 20.3 Å². The molecule has 162 valence electrons. The summed E-state index contributed by atoms with van der Waals surface area (Å²) in [7, 11) is 0.716. The maximum Gasteiger partial charge on any atom is 0.123 e. The molecule has 0 aliphatic heterocycles. The molecule has 4 heteroatoms. The van der Waals surface area contributed by atoms with Crippen LogP contribution in [0.5, 0.6) is 11.5 Å². The van der Waals surface area contributed by atoms with E-state index in [0.717, 1.165) is 17.9 Å². The van der Waals surface area contributed by atoms with Gasteiger partial charge >= 0.3 is 0 Å². The van der Waals surface area contributed by atoms with E-state index in [4.69, 9.17) is 9.05 Å². The van der Waals surface area contributed by atoms with E-state index >= 15 is 0 Å². The summed E-state index contributed by atoms with van der Waals surface area (Å²) in [6.45, 7) is 10.9. The highest BCUT2D eigenvalue weighted by Gasteiger charge is 2.30. The Hall–Kier alpha value is -1.88. The van der Waals surface area contributed by atoms with Crippen molar-refractivity contribution in [2.75, 3.05) is 0 Å². The van der Waals surface area contributed by atoms with Crippen LogP contribution in [0.2, 0.25) is 0 Å². The highest BCUT2D eigenvalue weighted by molar-refractivity contribution is 7.42. The SMILES string of the molecule is Cc1cc(C)cc(OPc2cccc3c2C(POc2cc(C)cc(C)c2)C(C)CC3)c1. The number of benzene rings is 3. The van der Waals surface area contributed by atoms with Crippen molar-refractivity contribution in [1.29, 1.82) is 0 Å². The molecule has 0 aromatic heterocycles. The second-order valence-corrected chi connectivity index (χ2v) is 11.0. The van der Waals surface area contributed by atoms with E-state index in [1.54, 1.807) is 0 Å². The van der Waals surface area contributed by atoms with Gasteiger partial charge in [-0.3, -0.25) is 0 Å². The summed E-state index contributed by atoms with van der Waals surface area (Å²) in [5.74, 6) is 2.55. The first-order valence-corrected chi connectivity index (χ1v) is 12.9. The third kappa shape index (κ3) is 5.49. The van der Waals surface area contributed by atoms with E-state index in [0.29, 0.717) is 29.2 Å². The Kier molecular flexibility index (Phi) is 7.00. The first kappa shape index (κ1) is 22.3. The van der Waals surface area contributed by atoms with Gasteiger partial charge in [-0.05, 0) is 104 Å². The van der Waals surface area contributed by atoms with E-state index < -0.39 is 0 Å². The van der Waals surface area contributed by atoms with Crippen LogP contribution in [0.25, 0.3) is 0 Å². The van der Waals surface area contributed by atoms with Gasteiger partial charge in [0.25, 0.3) is 0 Å². The molecule has 0 fully saturated rings. The summed E-state index contributed by atoms with van der Waals surface area (Å²) in [6, 6.07) is 19.6. The van der Waals surface area contributed by atoms with E-state index in [1.807, 2.05) is 0 Å². The molecule has 2 nitrogen and oxygen atoms in total. The van der Waals surface area contributed by atoms with E-state index in [1.165, 1.54) is 45.1 Å². The molecule has 0 heterocycles. The molecule has 0 amide bonds. The van der Waals surface area contributed by atoms with Crippen LogP contribution in [0.1, 0.15) is 52.4 Å². The minimum Gasteiger partial charge on any atom is -0.477 e. The van der Waals surface area contributed by atoms with Crippen LogP contribution in [-0.2, 0) is 6.42 Å². The van der Waals surface area contributed by atoms with Gasteiger partial charge in [0.05, 0.1) is 8.81 Å². The molecule has 0 N–H and O–H groups in total. The molecule has 0 saturated heterocycles. The molecule has 0 bridgehead atoms. The van der Waals surface area contributed by atoms with Gasteiger partial charge in [0.2, 0.25) is 0 Å². The summed E-state index contributed by atoms with van der Waals surface area (Å²) >= 11 is 0. The van der Waals surface area contributed by atoms with Crippen molar-refractivity contribution >= 4 is 22.9 Å². The summed E-state index contributed by atoms with van der Waals surface area (Å²) < 4.78 is 12.7. The lowest BCUT2D eigenvalue weighted by Gasteiger charge is -2.32. The molecule has 31 heavy (non-hydrogen) atoms. The molecule has 4 unspecified atom stereocenters. The quantitative estimate of drug-likeness (QED) is 0.362. The Morgan fingerprint density at radius 2 is 1.35 bits per heavy atom. The molecular formula is C27H32O2P2. The maximum atomic E-state index is 6.37. The van der Waals surface area contributed by atoms with Gasteiger partial charge in [0.15, 0.2) is 0 Å². The topological polar surface area (TPSA) is 18.5 Å². The van der Waals surface area contributed by atoms with Crippen LogP contribution in [0.3, 0.4) is 0 Å². The number of fused-ring (bicyclic) bond motifs is 1. The normalized spacial score (nSPS) is 18.6. The Balaban J connectivity index is 1.57. The monoisotopic (exact) mass is 450 g/mol. The van der Waals surface area contributed by atoms with Crippen LogP contribution in [0, 0.1) is 33.6 Å². The molecule has 0 radical (unpaired) electrons. The molecule has 0 spiro atoms. The summed E-state index contributed by atoms with van der Waals surface area (Å²) in [4.78, 5) is 0. The van der Waals surface area contributed by atoms with Crippen molar-refractivity contribution in [2.45, 2.75) is 53.1 Å². The predicted molar refractivity (Wildman–Crippen MR) is 136 cm³/mol. The lowest BCUT2D eigenvalue weighted by atomic mass is 9.84. The van der Waals surface area contributed by atoms with Gasteiger partial charge in [-0.15, -0.1) is 0 Å². The zero-order valence-electron chi connectivity index (χ0n) is 19.1. The number of hydrogen-bond acceptors (Lipinski definition) is 2. The highest BCUT2D eigenvalue weighted by Crippen LogP contribution is 2.48. The van der Waals surface area contributed by atoms with Crippen molar-refractivity contribution in [3.05, 3.63) is 88.0 Å². The molecule has 1 aliphatic rings. The lowest BCUT2D eigenvalue weighted by Crippen LogP contribution is -2.22. The number of hydrogen-bond donors (Lipinski definition) is 0. The Bertz CT molecular complexity index is 1040. The predicted octanol–water partition coefficient (Wildman–Crippen LogP) is 7.51. The summed E-state index contributed by atoms with van der Waals surface area (Å²) in [6.07, 6.45) is 2.36. The van der Waals surface area contributed by atoms with E-state index in [-0.39, 0.29) is 0 Å². The molecular weight excluding hydrogens is 418 g/mol. The van der Waals surface area contributed by atoms with Crippen LogP contribution < -0.4 is 14.4 Å². The molecule has 0 saturated carbocycles. The van der Waals surface area contributed by atoms with Gasteiger partial charge in [0, 0.05) is 11.0 Å². The van der Waals surface area contributed by atoms with Crippen molar-refractivity contribution in [3.63, 3.8) is 0 Å². The average Bonchev–Trinajstić information content (AvgIpc) is 2.70.